The van der Waals surface area contributed by atoms with Crippen molar-refractivity contribution in [2.45, 2.75) is 32.7 Å². The Morgan fingerprint density at radius 3 is 2.30 bits per heavy atom. The highest BCUT2D eigenvalue weighted by Gasteiger charge is 2.64. The molecule has 2 fully saturated rings. The number of nitrogens with zero attached hydrogens (tertiary/aromatic N) is 3. The Morgan fingerprint density at radius 2 is 1.78 bits per heavy atom. The average molecular weight is 375 g/mol. The third-order valence-electron chi connectivity index (χ3n) is 5.72. The maximum absolute atomic E-state index is 13.3. The second-order valence-corrected chi connectivity index (χ2v) is 8.32. The van der Waals surface area contributed by atoms with Crippen molar-refractivity contribution in [3.63, 3.8) is 0 Å². The van der Waals surface area contributed by atoms with E-state index in [0.717, 1.165) is 4.90 Å². The van der Waals surface area contributed by atoms with Gasteiger partial charge in [0.15, 0.2) is 0 Å². The summed E-state index contributed by atoms with van der Waals surface area (Å²) in [6.45, 7) is 6.20. The van der Waals surface area contributed by atoms with Crippen molar-refractivity contribution in [3.05, 3.63) is 24.3 Å². The monoisotopic (exact) mass is 375 g/mol. The van der Waals surface area contributed by atoms with Crippen molar-refractivity contribution < 1.29 is 24.6 Å². The highest BCUT2D eigenvalue weighted by molar-refractivity contribution is 6.17. The van der Waals surface area contributed by atoms with Crippen molar-refractivity contribution >= 4 is 23.7 Å². The molecule has 2 saturated heterocycles. The number of benzene rings is 1. The van der Waals surface area contributed by atoms with E-state index in [2.05, 4.69) is 0 Å². The first-order valence-corrected chi connectivity index (χ1v) is 8.89. The number of amides is 4. The first kappa shape index (κ1) is 19.0. The summed E-state index contributed by atoms with van der Waals surface area (Å²) in [5, 5.41) is 19.1. The minimum absolute atomic E-state index is 0.0622. The Labute approximate surface area is 158 Å². The summed E-state index contributed by atoms with van der Waals surface area (Å²) < 4.78 is 0. The lowest BCUT2D eigenvalue weighted by atomic mass is 9.64. The summed E-state index contributed by atoms with van der Waals surface area (Å²) in [4.78, 5) is 41.8. The molecule has 0 aromatic heterocycles. The molecule has 0 radical (unpaired) electrons. The van der Waals surface area contributed by atoms with E-state index in [1.165, 1.54) is 29.0 Å². The number of carbonyl (C=O) groups is 3. The van der Waals surface area contributed by atoms with Gasteiger partial charge in [-0.25, -0.2) is 9.59 Å². The molecule has 2 unspecified atom stereocenters. The van der Waals surface area contributed by atoms with Crippen molar-refractivity contribution in [2.75, 3.05) is 25.0 Å². The Bertz CT molecular complexity index is 786. The highest BCUT2D eigenvalue weighted by atomic mass is 16.4. The van der Waals surface area contributed by atoms with Crippen LogP contribution in [0.25, 0.3) is 0 Å². The molecule has 3 rings (SSSR count). The Balaban J connectivity index is 2.17. The SMILES string of the molecule is CN1C(=O)N(c2ccc(O)cc2)C2(CCN(C(=O)O)CC2C(C)(C)C)C1=O. The Kier molecular flexibility index (Phi) is 4.32. The van der Waals surface area contributed by atoms with E-state index in [1.54, 1.807) is 12.1 Å². The van der Waals surface area contributed by atoms with Gasteiger partial charge in [0.05, 0.1) is 0 Å². The number of hydrogen-bond acceptors (Lipinski definition) is 4. The number of aromatic hydroxyl groups is 1. The number of piperidine rings is 1. The van der Waals surface area contributed by atoms with E-state index >= 15 is 0 Å². The van der Waals surface area contributed by atoms with Gasteiger partial charge in [-0.2, -0.15) is 0 Å². The van der Waals surface area contributed by atoms with E-state index in [4.69, 9.17) is 0 Å². The van der Waals surface area contributed by atoms with Crippen LogP contribution in [0.4, 0.5) is 15.3 Å². The Morgan fingerprint density at radius 1 is 1.19 bits per heavy atom. The van der Waals surface area contributed by atoms with Gasteiger partial charge in [-0.05, 0) is 36.1 Å². The number of hydrogen-bond donors (Lipinski definition) is 2. The molecular weight excluding hydrogens is 350 g/mol. The number of rotatable bonds is 1. The van der Waals surface area contributed by atoms with Gasteiger partial charge < -0.3 is 15.1 Å². The number of carbonyl (C=O) groups excluding carboxylic acids is 2. The predicted octanol–water partition coefficient (Wildman–Crippen LogP) is 2.58. The molecule has 2 heterocycles. The van der Waals surface area contributed by atoms with Crippen LogP contribution in [0, 0.1) is 11.3 Å². The molecule has 0 saturated carbocycles. The molecule has 1 aromatic rings. The number of imide groups is 1. The normalized spacial score (nSPS) is 26.2. The Hall–Kier alpha value is -2.77. The number of anilines is 1. The van der Waals surface area contributed by atoms with Gasteiger partial charge in [-0.1, -0.05) is 20.8 Å². The van der Waals surface area contributed by atoms with E-state index < -0.39 is 29.0 Å². The summed E-state index contributed by atoms with van der Waals surface area (Å²) in [6, 6.07) is 5.70. The van der Waals surface area contributed by atoms with Gasteiger partial charge in [0.2, 0.25) is 0 Å². The fourth-order valence-corrected chi connectivity index (χ4v) is 4.37. The highest BCUT2D eigenvalue weighted by Crippen LogP contribution is 2.49. The molecule has 1 spiro atoms. The second kappa shape index (κ2) is 6.14. The maximum atomic E-state index is 13.3. The van der Waals surface area contributed by atoms with Crippen LogP contribution in [0.15, 0.2) is 24.3 Å². The van der Waals surface area contributed by atoms with Gasteiger partial charge in [-0.15, -0.1) is 0 Å². The summed E-state index contributed by atoms with van der Waals surface area (Å²) in [5.74, 6) is -0.650. The fraction of sp³-hybridized carbons (Fsp3) is 0.526. The summed E-state index contributed by atoms with van der Waals surface area (Å²) in [5.41, 5.74) is -1.08. The van der Waals surface area contributed by atoms with Crippen LogP contribution in [-0.4, -0.2) is 63.7 Å². The number of urea groups is 1. The first-order valence-electron chi connectivity index (χ1n) is 8.89. The van der Waals surface area contributed by atoms with Gasteiger partial charge in [0.1, 0.15) is 11.3 Å². The standard InChI is InChI=1S/C19H25N3O5/c1-18(2,3)14-11-21(17(26)27)10-9-19(14)15(24)20(4)16(25)22(19)12-5-7-13(23)8-6-12/h5-8,14,23H,9-11H2,1-4H3,(H,26,27). The van der Waals surface area contributed by atoms with Crippen LogP contribution < -0.4 is 4.90 Å². The largest absolute Gasteiger partial charge is 0.508 e. The van der Waals surface area contributed by atoms with E-state index in [1.807, 2.05) is 20.8 Å². The van der Waals surface area contributed by atoms with Gasteiger partial charge >= 0.3 is 12.1 Å². The van der Waals surface area contributed by atoms with E-state index in [0.29, 0.717) is 5.69 Å². The summed E-state index contributed by atoms with van der Waals surface area (Å²) in [7, 11) is 1.45. The van der Waals surface area contributed by atoms with Crippen LogP contribution in [0.2, 0.25) is 0 Å². The van der Waals surface area contributed by atoms with Gasteiger partial charge in [0, 0.05) is 31.7 Å². The average Bonchev–Trinajstić information content (AvgIpc) is 2.77. The van der Waals surface area contributed by atoms with Crippen LogP contribution >= 0.6 is 0 Å². The fourth-order valence-electron chi connectivity index (χ4n) is 4.37. The summed E-state index contributed by atoms with van der Waals surface area (Å²) in [6.07, 6.45) is -0.808. The molecule has 2 N–H and O–H groups in total. The van der Waals surface area contributed by atoms with Crippen molar-refractivity contribution in [2.24, 2.45) is 11.3 Å². The predicted molar refractivity (Wildman–Crippen MR) is 98.6 cm³/mol. The number of phenols is 1. The van der Waals surface area contributed by atoms with Crippen LogP contribution in [0.5, 0.6) is 5.75 Å². The number of likely N-dealkylation sites (N-methyl/N-ethyl adjacent to an activating group) is 1. The molecule has 2 aliphatic heterocycles. The first-order chi connectivity index (χ1) is 12.5. The number of carboxylic acid groups (broad SMARTS) is 1. The third kappa shape index (κ3) is 2.79. The topological polar surface area (TPSA) is 101 Å². The third-order valence-corrected chi connectivity index (χ3v) is 5.72. The van der Waals surface area contributed by atoms with Crippen LogP contribution in [0.1, 0.15) is 27.2 Å². The molecule has 1 aromatic carbocycles. The molecule has 2 atom stereocenters. The number of likely N-dealkylation sites (tertiary alicyclic amines) is 1. The molecule has 4 amide bonds. The molecule has 8 heteroatoms. The zero-order chi connectivity index (χ0) is 20.1. The van der Waals surface area contributed by atoms with Gasteiger partial charge in [0.25, 0.3) is 5.91 Å². The molecule has 0 aliphatic carbocycles. The molecular formula is C19H25N3O5. The van der Waals surface area contributed by atoms with Crippen molar-refractivity contribution in [1.82, 2.24) is 9.80 Å². The smallest absolute Gasteiger partial charge is 0.407 e. The molecule has 27 heavy (non-hydrogen) atoms. The van der Waals surface area contributed by atoms with E-state index in [-0.39, 0.29) is 31.2 Å². The molecule has 0 bridgehead atoms. The van der Waals surface area contributed by atoms with Crippen LogP contribution in [-0.2, 0) is 4.79 Å². The lowest BCUT2D eigenvalue weighted by Gasteiger charge is -2.52. The maximum Gasteiger partial charge on any atom is 0.407 e. The lowest BCUT2D eigenvalue weighted by Crippen LogP contribution is -2.66. The molecule has 8 nitrogen and oxygen atoms in total. The van der Waals surface area contributed by atoms with Gasteiger partial charge in [-0.3, -0.25) is 14.6 Å². The van der Waals surface area contributed by atoms with Crippen molar-refractivity contribution in [1.29, 1.82) is 0 Å². The van der Waals surface area contributed by atoms with Crippen molar-refractivity contribution in [3.8, 4) is 5.75 Å². The minimum Gasteiger partial charge on any atom is -0.508 e. The second-order valence-electron chi connectivity index (χ2n) is 8.32. The van der Waals surface area contributed by atoms with E-state index in [9.17, 15) is 24.6 Å². The summed E-state index contributed by atoms with van der Waals surface area (Å²) >= 11 is 0. The minimum atomic E-state index is -1.16. The van der Waals surface area contributed by atoms with Crippen LogP contribution in [0.3, 0.4) is 0 Å². The quantitative estimate of drug-likeness (QED) is 0.735. The number of phenolic OH excluding ortho intramolecular Hbond substituents is 1. The zero-order valence-electron chi connectivity index (χ0n) is 16.0. The molecule has 146 valence electrons. The lowest BCUT2D eigenvalue weighted by molar-refractivity contribution is -0.136. The zero-order valence-corrected chi connectivity index (χ0v) is 16.0. The molecule has 2 aliphatic rings.